The van der Waals surface area contributed by atoms with E-state index in [2.05, 4.69) is 35.1 Å². The van der Waals surface area contributed by atoms with Crippen LogP contribution < -0.4 is 5.32 Å². The standard InChI is InChI=1S/C14H19BrFNO/c1-3-17-13(14(2)7-4-8-18-14)10-5-6-12(16)11(15)9-10/h5-6,9,13,17H,3-4,7-8H2,1-2H3. The zero-order chi connectivity index (χ0) is 13.2. The number of hydrogen-bond acceptors (Lipinski definition) is 2. The fourth-order valence-electron chi connectivity index (χ4n) is 2.61. The van der Waals surface area contributed by atoms with Crippen molar-refractivity contribution in [3.63, 3.8) is 0 Å². The van der Waals surface area contributed by atoms with Gasteiger partial charge in [0.2, 0.25) is 0 Å². The molecule has 1 N–H and O–H groups in total. The molecule has 2 rings (SSSR count). The fourth-order valence-corrected chi connectivity index (χ4v) is 3.01. The third kappa shape index (κ3) is 2.76. The maximum absolute atomic E-state index is 13.3. The van der Waals surface area contributed by atoms with Gasteiger partial charge in [0.05, 0.1) is 16.1 Å². The van der Waals surface area contributed by atoms with Gasteiger partial charge in [-0.05, 0) is 59.9 Å². The average molecular weight is 316 g/mol. The Labute approximate surface area is 116 Å². The van der Waals surface area contributed by atoms with E-state index >= 15 is 0 Å². The summed E-state index contributed by atoms with van der Waals surface area (Å²) in [5.74, 6) is -0.230. The van der Waals surface area contributed by atoms with Crippen molar-refractivity contribution in [2.24, 2.45) is 0 Å². The van der Waals surface area contributed by atoms with Crippen molar-refractivity contribution in [1.29, 1.82) is 0 Å². The van der Waals surface area contributed by atoms with Crippen LogP contribution in [0.4, 0.5) is 4.39 Å². The quantitative estimate of drug-likeness (QED) is 0.912. The van der Waals surface area contributed by atoms with Gasteiger partial charge in [-0.15, -0.1) is 0 Å². The molecule has 2 atom stereocenters. The van der Waals surface area contributed by atoms with E-state index in [0.717, 1.165) is 31.6 Å². The van der Waals surface area contributed by atoms with Crippen LogP contribution in [0.15, 0.2) is 22.7 Å². The summed E-state index contributed by atoms with van der Waals surface area (Å²) < 4.78 is 19.7. The lowest BCUT2D eigenvalue weighted by Gasteiger charge is -2.34. The largest absolute Gasteiger partial charge is 0.373 e. The molecule has 4 heteroatoms. The lowest BCUT2D eigenvalue weighted by atomic mass is 9.87. The molecule has 18 heavy (non-hydrogen) atoms. The molecule has 2 unspecified atom stereocenters. The summed E-state index contributed by atoms with van der Waals surface area (Å²) in [4.78, 5) is 0. The Bertz CT molecular complexity index is 418. The van der Waals surface area contributed by atoms with E-state index in [-0.39, 0.29) is 17.5 Å². The predicted molar refractivity (Wildman–Crippen MR) is 74.1 cm³/mol. The molecule has 1 saturated heterocycles. The van der Waals surface area contributed by atoms with E-state index in [4.69, 9.17) is 4.74 Å². The van der Waals surface area contributed by atoms with Crippen molar-refractivity contribution < 1.29 is 9.13 Å². The molecule has 0 spiro atoms. The van der Waals surface area contributed by atoms with Gasteiger partial charge in [-0.2, -0.15) is 0 Å². The Hall–Kier alpha value is -0.450. The molecule has 0 radical (unpaired) electrons. The highest BCUT2D eigenvalue weighted by Gasteiger charge is 2.38. The SMILES string of the molecule is CCNC(c1ccc(F)c(Br)c1)C1(C)CCCO1. The van der Waals surface area contributed by atoms with Gasteiger partial charge < -0.3 is 10.1 Å². The number of ether oxygens (including phenoxy) is 1. The molecular formula is C14H19BrFNO. The maximum atomic E-state index is 13.3. The third-order valence-corrected chi connectivity index (χ3v) is 4.15. The minimum atomic E-state index is -0.230. The van der Waals surface area contributed by atoms with Gasteiger partial charge in [-0.25, -0.2) is 4.39 Å². The van der Waals surface area contributed by atoms with Crippen LogP contribution in [0.5, 0.6) is 0 Å². The second kappa shape index (κ2) is 5.68. The van der Waals surface area contributed by atoms with Gasteiger partial charge in [0, 0.05) is 6.61 Å². The summed E-state index contributed by atoms with van der Waals surface area (Å²) in [6, 6.07) is 5.28. The smallest absolute Gasteiger partial charge is 0.137 e. The highest BCUT2D eigenvalue weighted by molar-refractivity contribution is 9.10. The number of nitrogens with one attached hydrogen (secondary N) is 1. The molecule has 0 saturated carbocycles. The predicted octanol–water partition coefficient (Wildman–Crippen LogP) is 3.81. The number of halogens is 2. The molecule has 1 aliphatic rings. The highest BCUT2D eigenvalue weighted by Crippen LogP contribution is 2.38. The summed E-state index contributed by atoms with van der Waals surface area (Å²) in [5, 5.41) is 3.46. The lowest BCUT2D eigenvalue weighted by molar-refractivity contribution is -0.0121. The van der Waals surface area contributed by atoms with Gasteiger partial charge in [0.15, 0.2) is 0 Å². The van der Waals surface area contributed by atoms with Crippen LogP contribution >= 0.6 is 15.9 Å². The van der Waals surface area contributed by atoms with Crippen molar-refractivity contribution >= 4 is 15.9 Å². The molecule has 100 valence electrons. The van der Waals surface area contributed by atoms with Gasteiger partial charge in [-0.3, -0.25) is 0 Å². The Morgan fingerprint density at radius 3 is 2.89 bits per heavy atom. The second-order valence-corrected chi connectivity index (χ2v) is 5.78. The van der Waals surface area contributed by atoms with Gasteiger partial charge in [-0.1, -0.05) is 13.0 Å². The molecule has 0 aliphatic carbocycles. The van der Waals surface area contributed by atoms with Crippen LogP contribution in [0.3, 0.4) is 0 Å². The first-order valence-electron chi connectivity index (χ1n) is 6.39. The van der Waals surface area contributed by atoms with Gasteiger partial charge >= 0.3 is 0 Å². The molecule has 1 aliphatic heterocycles. The molecule has 1 heterocycles. The monoisotopic (exact) mass is 315 g/mol. The number of hydrogen-bond donors (Lipinski definition) is 1. The number of likely N-dealkylation sites (N-methyl/N-ethyl adjacent to an activating group) is 1. The molecule has 1 aromatic rings. The number of rotatable bonds is 4. The first-order valence-corrected chi connectivity index (χ1v) is 7.18. The van der Waals surface area contributed by atoms with Crippen molar-refractivity contribution in [2.75, 3.05) is 13.2 Å². The molecule has 0 aromatic heterocycles. The summed E-state index contributed by atoms with van der Waals surface area (Å²) in [7, 11) is 0. The van der Waals surface area contributed by atoms with Crippen LogP contribution in [0.1, 0.15) is 38.3 Å². The fraction of sp³-hybridized carbons (Fsp3) is 0.571. The van der Waals surface area contributed by atoms with Crippen molar-refractivity contribution in [3.05, 3.63) is 34.1 Å². The molecule has 1 fully saturated rings. The maximum Gasteiger partial charge on any atom is 0.137 e. The topological polar surface area (TPSA) is 21.3 Å². The van der Waals surface area contributed by atoms with Crippen LogP contribution in [-0.2, 0) is 4.74 Å². The lowest BCUT2D eigenvalue weighted by Crippen LogP contribution is -2.41. The van der Waals surface area contributed by atoms with E-state index in [9.17, 15) is 4.39 Å². The van der Waals surface area contributed by atoms with Crippen LogP contribution in [0.25, 0.3) is 0 Å². The Kier molecular flexibility index (Phi) is 4.41. The highest BCUT2D eigenvalue weighted by atomic mass is 79.9. The number of benzene rings is 1. The van der Waals surface area contributed by atoms with E-state index in [1.165, 1.54) is 6.07 Å². The van der Waals surface area contributed by atoms with Gasteiger partial charge in [0.25, 0.3) is 0 Å². The average Bonchev–Trinajstić information content (AvgIpc) is 2.78. The summed E-state index contributed by atoms with van der Waals surface area (Å²) in [5.41, 5.74) is 0.863. The molecule has 0 amide bonds. The van der Waals surface area contributed by atoms with Crippen molar-refractivity contribution in [1.82, 2.24) is 5.32 Å². The first kappa shape index (κ1) is 14.0. The summed E-state index contributed by atoms with van der Waals surface area (Å²) >= 11 is 3.25. The minimum Gasteiger partial charge on any atom is -0.373 e. The van der Waals surface area contributed by atoms with E-state index in [0.29, 0.717) is 4.47 Å². The van der Waals surface area contributed by atoms with Crippen LogP contribution in [-0.4, -0.2) is 18.8 Å². The Morgan fingerprint density at radius 2 is 2.33 bits per heavy atom. The molecule has 2 nitrogen and oxygen atoms in total. The van der Waals surface area contributed by atoms with Crippen LogP contribution in [0, 0.1) is 5.82 Å². The van der Waals surface area contributed by atoms with E-state index < -0.39 is 0 Å². The van der Waals surface area contributed by atoms with Crippen LogP contribution in [0.2, 0.25) is 0 Å². The molecular weight excluding hydrogens is 297 g/mol. The summed E-state index contributed by atoms with van der Waals surface area (Å²) in [6.07, 6.45) is 2.11. The first-order chi connectivity index (χ1) is 8.57. The second-order valence-electron chi connectivity index (χ2n) is 4.93. The normalized spacial score (nSPS) is 25.3. The third-order valence-electron chi connectivity index (χ3n) is 3.55. The summed E-state index contributed by atoms with van der Waals surface area (Å²) in [6.45, 7) is 5.87. The minimum absolute atomic E-state index is 0.0990. The molecule has 0 bridgehead atoms. The zero-order valence-electron chi connectivity index (χ0n) is 10.8. The zero-order valence-corrected chi connectivity index (χ0v) is 12.4. The Balaban J connectivity index is 2.31. The molecule has 1 aromatic carbocycles. The van der Waals surface area contributed by atoms with Gasteiger partial charge in [0.1, 0.15) is 5.82 Å². The van der Waals surface area contributed by atoms with E-state index in [1.807, 2.05) is 12.1 Å². The van der Waals surface area contributed by atoms with E-state index in [1.54, 1.807) is 0 Å². The van der Waals surface area contributed by atoms with Crippen molar-refractivity contribution in [3.8, 4) is 0 Å². The van der Waals surface area contributed by atoms with Crippen molar-refractivity contribution in [2.45, 2.75) is 38.3 Å². The Morgan fingerprint density at radius 1 is 1.56 bits per heavy atom.